The number of nitrogens with zero attached hydrogens (tertiary/aromatic N) is 1. The zero-order chi connectivity index (χ0) is 27.4. The molecule has 0 aliphatic carbocycles. The van der Waals surface area contributed by atoms with Crippen LogP contribution in [0, 0.1) is 0 Å². The molecule has 1 aliphatic heterocycles. The number of ether oxygens (including phenoxy) is 2. The van der Waals surface area contributed by atoms with Crippen molar-refractivity contribution in [3.63, 3.8) is 0 Å². The van der Waals surface area contributed by atoms with Gasteiger partial charge in [0.1, 0.15) is 28.0 Å². The molecule has 3 aromatic heterocycles. The van der Waals surface area contributed by atoms with Crippen molar-refractivity contribution in [2.75, 3.05) is 0 Å². The number of aromatic nitrogens is 1. The number of hydrogen-bond acceptors (Lipinski definition) is 8. The Morgan fingerprint density at radius 2 is 1.45 bits per heavy atom. The molecule has 0 saturated heterocycles. The molecule has 3 aromatic carbocycles. The van der Waals surface area contributed by atoms with Crippen LogP contribution in [-0.2, 0) is 4.79 Å². The summed E-state index contributed by atoms with van der Waals surface area (Å²) in [5.74, 6) is -0.330. The third-order valence-electron chi connectivity index (χ3n) is 6.88. The third-order valence-corrected chi connectivity index (χ3v) is 6.88. The van der Waals surface area contributed by atoms with Gasteiger partial charge in [-0.1, -0.05) is 42.5 Å². The standard InChI is InChI=1S/C32H19NO7/c1-17(34)37-29-21-10-4-7-13-26(21)39-32(36)27(29)30-22(18-14-15-33-24-11-5-2-8-19(18)24)16-23-28(40-30)20-9-3-6-12-25(20)38-31(23)35/h2-16,30H,1H3/t30-/m0/s1. The quantitative estimate of drug-likeness (QED) is 0.201. The lowest BCUT2D eigenvalue weighted by molar-refractivity contribution is -0.131. The van der Waals surface area contributed by atoms with Gasteiger partial charge in [0.25, 0.3) is 0 Å². The fourth-order valence-corrected chi connectivity index (χ4v) is 5.20. The minimum Gasteiger partial charge on any atom is -0.479 e. The topological polar surface area (TPSA) is 109 Å². The minimum atomic E-state index is -1.11. The summed E-state index contributed by atoms with van der Waals surface area (Å²) in [4.78, 5) is 43.6. The summed E-state index contributed by atoms with van der Waals surface area (Å²) in [5, 5.41) is 1.76. The molecule has 0 saturated carbocycles. The van der Waals surface area contributed by atoms with Crippen molar-refractivity contribution in [1.82, 2.24) is 4.98 Å². The van der Waals surface area contributed by atoms with Gasteiger partial charge in [0.2, 0.25) is 0 Å². The van der Waals surface area contributed by atoms with Crippen LogP contribution in [0.15, 0.2) is 103 Å². The van der Waals surface area contributed by atoms with Gasteiger partial charge in [-0.2, -0.15) is 0 Å². The van der Waals surface area contributed by atoms with Crippen LogP contribution in [0.4, 0.5) is 0 Å². The average Bonchev–Trinajstić information content (AvgIpc) is 2.96. The summed E-state index contributed by atoms with van der Waals surface area (Å²) >= 11 is 0. The van der Waals surface area contributed by atoms with Crippen LogP contribution in [0.3, 0.4) is 0 Å². The third kappa shape index (κ3) is 3.69. The number of hydrogen-bond donors (Lipinski definition) is 0. The van der Waals surface area contributed by atoms with Crippen LogP contribution < -0.4 is 20.7 Å². The van der Waals surface area contributed by atoms with Gasteiger partial charge in [0.15, 0.2) is 11.9 Å². The van der Waals surface area contributed by atoms with Gasteiger partial charge in [-0.25, -0.2) is 9.59 Å². The Balaban J connectivity index is 1.60. The maximum atomic E-state index is 13.7. The van der Waals surface area contributed by atoms with Crippen LogP contribution in [0.5, 0.6) is 11.5 Å². The maximum Gasteiger partial charge on any atom is 0.347 e. The van der Waals surface area contributed by atoms with Crippen molar-refractivity contribution >= 4 is 50.5 Å². The van der Waals surface area contributed by atoms with E-state index in [0.717, 1.165) is 5.39 Å². The first-order valence-corrected chi connectivity index (χ1v) is 12.5. The molecule has 4 heterocycles. The number of carbonyl (C=O) groups is 1. The zero-order valence-electron chi connectivity index (χ0n) is 21.0. The van der Waals surface area contributed by atoms with Crippen LogP contribution in [0.1, 0.15) is 29.7 Å². The monoisotopic (exact) mass is 529 g/mol. The second-order valence-corrected chi connectivity index (χ2v) is 9.32. The van der Waals surface area contributed by atoms with Crippen molar-refractivity contribution in [1.29, 1.82) is 0 Å². The van der Waals surface area contributed by atoms with E-state index in [1.165, 1.54) is 6.92 Å². The van der Waals surface area contributed by atoms with Crippen LogP contribution in [0.25, 0.3) is 44.5 Å². The molecule has 1 atom stereocenters. The van der Waals surface area contributed by atoms with E-state index in [9.17, 15) is 14.4 Å². The SMILES string of the molecule is CC(=O)Oc1c([C@H]2Oc3c(c(=O)oc4ccccc34)C=C2c2ccnc3ccccc23)c(=O)oc2ccccc12. The summed E-state index contributed by atoms with van der Waals surface area (Å²) < 4.78 is 23.5. The second-order valence-electron chi connectivity index (χ2n) is 9.32. The molecular formula is C32H19NO7. The van der Waals surface area contributed by atoms with Crippen LogP contribution in [-0.4, -0.2) is 11.0 Å². The van der Waals surface area contributed by atoms with Crippen molar-refractivity contribution in [3.05, 3.63) is 123 Å². The summed E-state index contributed by atoms with van der Waals surface area (Å²) in [6.45, 7) is 1.26. The molecule has 0 N–H and O–H groups in total. The van der Waals surface area contributed by atoms with E-state index in [0.29, 0.717) is 33.0 Å². The Hall–Kier alpha value is -5.50. The summed E-state index contributed by atoms with van der Waals surface area (Å²) in [6.07, 6.45) is 2.19. The molecular weight excluding hydrogens is 510 g/mol. The van der Waals surface area contributed by atoms with E-state index in [-0.39, 0.29) is 28.2 Å². The van der Waals surface area contributed by atoms with E-state index < -0.39 is 23.3 Å². The largest absolute Gasteiger partial charge is 0.479 e. The van der Waals surface area contributed by atoms with Crippen molar-refractivity contribution in [2.45, 2.75) is 13.0 Å². The number of para-hydroxylation sites is 3. The molecule has 8 nitrogen and oxygen atoms in total. The van der Waals surface area contributed by atoms with Gasteiger partial charge in [-0.15, -0.1) is 0 Å². The number of fused-ring (bicyclic) bond motifs is 5. The molecule has 0 amide bonds. The predicted molar refractivity (Wildman–Crippen MR) is 149 cm³/mol. The Labute approximate surface area is 225 Å². The molecule has 1 aliphatic rings. The second kappa shape index (κ2) is 9.06. The van der Waals surface area contributed by atoms with E-state index in [1.807, 2.05) is 24.3 Å². The Morgan fingerprint density at radius 3 is 2.23 bits per heavy atom. The smallest absolute Gasteiger partial charge is 0.347 e. The molecule has 7 rings (SSSR count). The molecule has 194 valence electrons. The molecule has 0 radical (unpaired) electrons. The fourth-order valence-electron chi connectivity index (χ4n) is 5.20. The van der Waals surface area contributed by atoms with Crippen molar-refractivity contribution in [2.24, 2.45) is 0 Å². The van der Waals surface area contributed by atoms with Crippen molar-refractivity contribution in [3.8, 4) is 11.5 Å². The van der Waals surface area contributed by atoms with Gasteiger partial charge >= 0.3 is 17.2 Å². The predicted octanol–water partition coefficient (Wildman–Crippen LogP) is 6.05. The number of esters is 1. The highest BCUT2D eigenvalue weighted by atomic mass is 16.5. The number of rotatable bonds is 3. The zero-order valence-corrected chi connectivity index (χ0v) is 21.0. The van der Waals surface area contributed by atoms with Crippen LogP contribution in [0.2, 0.25) is 0 Å². The normalized spacial score (nSPS) is 14.5. The fraction of sp³-hybridized carbons (Fsp3) is 0.0625. The Kier molecular flexibility index (Phi) is 5.35. The Morgan fingerprint density at radius 1 is 0.800 bits per heavy atom. The molecule has 6 aromatic rings. The highest BCUT2D eigenvalue weighted by Crippen LogP contribution is 2.47. The highest BCUT2D eigenvalue weighted by molar-refractivity contribution is 6.01. The molecule has 0 unspecified atom stereocenters. The average molecular weight is 530 g/mol. The lowest BCUT2D eigenvalue weighted by Gasteiger charge is -2.29. The molecule has 8 heteroatoms. The number of benzene rings is 3. The summed E-state index contributed by atoms with van der Waals surface area (Å²) in [7, 11) is 0. The van der Waals surface area contributed by atoms with Gasteiger partial charge in [-0.05, 0) is 48.0 Å². The van der Waals surface area contributed by atoms with Gasteiger partial charge in [0, 0.05) is 24.1 Å². The molecule has 0 fully saturated rings. The number of pyridine rings is 1. The molecule has 0 spiro atoms. The Bertz CT molecular complexity index is 2150. The number of carbonyl (C=O) groups excluding carboxylic acids is 1. The van der Waals surface area contributed by atoms with Gasteiger partial charge in [-0.3, -0.25) is 9.78 Å². The maximum absolute atomic E-state index is 13.7. The van der Waals surface area contributed by atoms with Crippen LogP contribution >= 0.6 is 0 Å². The molecule has 40 heavy (non-hydrogen) atoms. The van der Waals surface area contributed by atoms with Crippen molar-refractivity contribution < 1.29 is 23.1 Å². The van der Waals surface area contributed by atoms with Gasteiger partial charge in [0.05, 0.1) is 16.3 Å². The summed E-state index contributed by atoms with van der Waals surface area (Å²) in [5.41, 5.74) is 1.32. The first-order chi connectivity index (χ1) is 19.5. The van der Waals surface area contributed by atoms with E-state index >= 15 is 0 Å². The summed E-state index contributed by atoms with van der Waals surface area (Å²) in [6, 6.07) is 23.1. The first-order valence-electron chi connectivity index (χ1n) is 12.5. The minimum absolute atomic E-state index is 0.0102. The van der Waals surface area contributed by atoms with E-state index in [1.54, 1.807) is 66.9 Å². The van der Waals surface area contributed by atoms with E-state index in [2.05, 4.69) is 4.98 Å². The van der Waals surface area contributed by atoms with Gasteiger partial charge < -0.3 is 18.3 Å². The first kappa shape index (κ1) is 23.6. The van der Waals surface area contributed by atoms with E-state index in [4.69, 9.17) is 18.3 Å². The lowest BCUT2D eigenvalue weighted by atomic mass is 9.89. The lowest BCUT2D eigenvalue weighted by Crippen LogP contribution is -2.25. The highest BCUT2D eigenvalue weighted by Gasteiger charge is 2.36. The molecule has 0 bridgehead atoms.